The number of hydrogen-bond donors (Lipinski definition) is 2. The van der Waals surface area contributed by atoms with Crippen LogP contribution in [-0.4, -0.2) is 16.5 Å². The molecule has 3 rings (SSSR count). The molecule has 2 aromatic rings. The molecule has 4 nitrogen and oxygen atoms in total. The van der Waals surface area contributed by atoms with Crippen molar-refractivity contribution in [2.24, 2.45) is 11.5 Å². The normalized spacial score (nSPS) is 23.6. The van der Waals surface area contributed by atoms with Crippen molar-refractivity contribution in [1.29, 1.82) is 0 Å². The molecule has 0 saturated heterocycles. The van der Waals surface area contributed by atoms with E-state index in [0.717, 1.165) is 36.6 Å². The predicted octanol–water partition coefficient (Wildman–Crippen LogP) is 2.18. The lowest BCUT2D eigenvalue weighted by atomic mass is 9.91. The van der Waals surface area contributed by atoms with E-state index in [0.29, 0.717) is 17.8 Å². The van der Waals surface area contributed by atoms with Crippen LogP contribution in [0.3, 0.4) is 0 Å². The van der Waals surface area contributed by atoms with Crippen LogP contribution < -0.4 is 11.5 Å². The fourth-order valence-corrected chi connectivity index (χ4v) is 3.12. The van der Waals surface area contributed by atoms with Crippen LogP contribution in [0.4, 0.5) is 0 Å². The number of aromatic nitrogens is 1. The number of primary amides is 1. The molecule has 1 aliphatic rings. The summed E-state index contributed by atoms with van der Waals surface area (Å²) >= 11 is 0. The van der Waals surface area contributed by atoms with Gasteiger partial charge in [0.1, 0.15) is 5.69 Å². The zero-order valence-electron chi connectivity index (χ0n) is 10.9. The lowest BCUT2D eigenvalue weighted by Gasteiger charge is -2.29. The molecule has 1 saturated carbocycles. The van der Waals surface area contributed by atoms with E-state index in [4.69, 9.17) is 11.5 Å². The molecule has 1 fully saturated rings. The zero-order chi connectivity index (χ0) is 13.4. The van der Waals surface area contributed by atoms with Gasteiger partial charge in [-0.2, -0.15) is 0 Å². The molecule has 0 radical (unpaired) electrons. The molecule has 0 aliphatic heterocycles. The molecule has 0 spiro atoms. The number of nitrogens with zero attached hydrogens (tertiary/aromatic N) is 1. The van der Waals surface area contributed by atoms with E-state index >= 15 is 0 Å². The SMILES string of the molecule is NC(=O)c1cc2ccccc2n1C1CCC(N)CC1. The van der Waals surface area contributed by atoms with Crippen molar-refractivity contribution in [3.63, 3.8) is 0 Å². The van der Waals surface area contributed by atoms with E-state index in [1.165, 1.54) is 0 Å². The van der Waals surface area contributed by atoms with Crippen molar-refractivity contribution >= 4 is 16.8 Å². The van der Waals surface area contributed by atoms with Gasteiger partial charge in [-0.25, -0.2) is 0 Å². The summed E-state index contributed by atoms with van der Waals surface area (Å²) in [5.41, 5.74) is 13.2. The maximum absolute atomic E-state index is 11.7. The molecular weight excluding hydrogens is 238 g/mol. The summed E-state index contributed by atoms with van der Waals surface area (Å²) < 4.78 is 2.11. The molecule has 0 atom stereocenters. The van der Waals surface area contributed by atoms with Crippen molar-refractivity contribution in [2.75, 3.05) is 0 Å². The second-order valence-corrected chi connectivity index (χ2v) is 5.39. The molecule has 4 N–H and O–H groups in total. The Morgan fingerprint density at radius 3 is 2.53 bits per heavy atom. The van der Waals surface area contributed by atoms with Crippen LogP contribution in [-0.2, 0) is 0 Å². The molecule has 19 heavy (non-hydrogen) atoms. The fraction of sp³-hybridized carbons (Fsp3) is 0.400. The first-order valence-electron chi connectivity index (χ1n) is 6.82. The minimum atomic E-state index is -0.355. The Hall–Kier alpha value is -1.81. The lowest BCUT2D eigenvalue weighted by Crippen LogP contribution is -2.29. The highest BCUT2D eigenvalue weighted by Gasteiger charge is 2.24. The van der Waals surface area contributed by atoms with Crippen molar-refractivity contribution in [1.82, 2.24) is 4.57 Å². The fourth-order valence-electron chi connectivity index (χ4n) is 3.12. The molecule has 1 aromatic heterocycles. The standard InChI is InChI=1S/C15H19N3O/c16-11-5-7-12(8-6-11)18-13-4-2-1-3-10(13)9-14(18)15(17)19/h1-4,9,11-12H,5-8,16H2,(H2,17,19). The first-order chi connectivity index (χ1) is 9.16. The van der Waals surface area contributed by atoms with Gasteiger partial charge in [0.25, 0.3) is 5.91 Å². The Labute approximate surface area is 112 Å². The number of amides is 1. The topological polar surface area (TPSA) is 74.0 Å². The van der Waals surface area contributed by atoms with Gasteiger partial charge < -0.3 is 16.0 Å². The molecule has 1 heterocycles. The number of carbonyl (C=O) groups excluding carboxylic acids is 1. The second kappa shape index (κ2) is 4.70. The van der Waals surface area contributed by atoms with Gasteiger partial charge in [-0.15, -0.1) is 0 Å². The van der Waals surface area contributed by atoms with Crippen LogP contribution in [0.5, 0.6) is 0 Å². The van der Waals surface area contributed by atoms with E-state index in [1.807, 2.05) is 24.3 Å². The monoisotopic (exact) mass is 257 g/mol. The minimum absolute atomic E-state index is 0.301. The van der Waals surface area contributed by atoms with E-state index in [2.05, 4.69) is 10.6 Å². The zero-order valence-corrected chi connectivity index (χ0v) is 10.9. The maximum Gasteiger partial charge on any atom is 0.265 e. The Bertz CT molecular complexity index is 609. The molecule has 4 heteroatoms. The van der Waals surface area contributed by atoms with Crippen molar-refractivity contribution in [3.8, 4) is 0 Å². The molecular formula is C15H19N3O. The third kappa shape index (κ3) is 2.12. The average Bonchev–Trinajstić information content (AvgIpc) is 2.79. The van der Waals surface area contributed by atoms with Crippen LogP contribution in [0.15, 0.2) is 30.3 Å². The lowest BCUT2D eigenvalue weighted by molar-refractivity contribution is 0.0988. The smallest absolute Gasteiger partial charge is 0.265 e. The third-order valence-corrected chi connectivity index (χ3v) is 4.11. The molecule has 1 aliphatic carbocycles. The van der Waals surface area contributed by atoms with Crippen molar-refractivity contribution in [3.05, 3.63) is 36.0 Å². The molecule has 100 valence electrons. The van der Waals surface area contributed by atoms with Gasteiger partial charge in [0.15, 0.2) is 0 Å². The molecule has 0 unspecified atom stereocenters. The molecule has 0 bridgehead atoms. The van der Waals surface area contributed by atoms with E-state index < -0.39 is 0 Å². The van der Waals surface area contributed by atoms with E-state index in [9.17, 15) is 4.79 Å². The summed E-state index contributed by atoms with van der Waals surface area (Å²) in [7, 11) is 0. The first-order valence-corrected chi connectivity index (χ1v) is 6.82. The Kier molecular flexibility index (Phi) is 3.03. The summed E-state index contributed by atoms with van der Waals surface area (Å²) in [6.07, 6.45) is 4.05. The van der Waals surface area contributed by atoms with Gasteiger partial charge in [0, 0.05) is 23.0 Å². The summed E-state index contributed by atoms with van der Waals surface area (Å²) in [6, 6.07) is 10.6. The highest BCUT2D eigenvalue weighted by atomic mass is 16.1. The van der Waals surface area contributed by atoms with Gasteiger partial charge in [-0.3, -0.25) is 4.79 Å². The summed E-state index contributed by atoms with van der Waals surface area (Å²) in [5.74, 6) is -0.355. The van der Waals surface area contributed by atoms with Crippen LogP contribution >= 0.6 is 0 Å². The number of rotatable bonds is 2. The minimum Gasteiger partial charge on any atom is -0.364 e. The quantitative estimate of drug-likeness (QED) is 0.865. The highest BCUT2D eigenvalue weighted by Crippen LogP contribution is 2.33. The van der Waals surface area contributed by atoms with Crippen LogP contribution in [0.1, 0.15) is 42.2 Å². The summed E-state index contributed by atoms with van der Waals surface area (Å²) in [6.45, 7) is 0. The summed E-state index contributed by atoms with van der Waals surface area (Å²) in [4.78, 5) is 11.7. The van der Waals surface area contributed by atoms with Gasteiger partial charge in [-0.1, -0.05) is 18.2 Å². The third-order valence-electron chi connectivity index (χ3n) is 4.11. The predicted molar refractivity (Wildman–Crippen MR) is 75.9 cm³/mol. The van der Waals surface area contributed by atoms with Crippen LogP contribution in [0.25, 0.3) is 10.9 Å². The van der Waals surface area contributed by atoms with Crippen molar-refractivity contribution in [2.45, 2.75) is 37.8 Å². The Morgan fingerprint density at radius 2 is 1.84 bits per heavy atom. The van der Waals surface area contributed by atoms with Gasteiger partial charge in [-0.05, 0) is 37.8 Å². The number of fused-ring (bicyclic) bond motifs is 1. The van der Waals surface area contributed by atoms with Gasteiger partial charge in [0.2, 0.25) is 0 Å². The maximum atomic E-state index is 11.7. The Balaban J connectivity index is 2.09. The number of benzene rings is 1. The van der Waals surface area contributed by atoms with E-state index in [-0.39, 0.29) is 5.91 Å². The summed E-state index contributed by atoms with van der Waals surface area (Å²) in [5, 5.41) is 1.08. The first kappa shape index (κ1) is 12.2. The second-order valence-electron chi connectivity index (χ2n) is 5.39. The molecule has 1 aromatic carbocycles. The number of para-hydroxylation sites is 1. The Morgan fingerprint density at radius 1 is 1.16 bits per heavy atom. The van der Waals surface area contributed by atoms with Crippen molar-refractivity contribution < 1.29 is 4.79 Å². The van der Waals surface area contributed by atoms with E-state index in [1.54, 1.807) is 0 Å². The van der Waals surface area contributed by atoms with Crippen LogP contribution in [0, 0.1) is 0 Å². The van der Waals surface area contributed by atoms with Crippen LogP contribution in [0.2, 0.25) is 0 Å². The average molecular weight is 257 g/mol. The van der Waals surface area contributed by atoms with Gasteiger partial charge in [0.05, 0.1) is 0 Å². The number of nitrogens with two attached hydrogens (primary N) is 2. The largest absolute Gasteiger partial charge is 0.364 e. The van der Waals surface area contributed by atoms with Gasteiger partial charge >= 0.3 is 0 Å². The number of hydrogen-bond acceptors (Lipinski definition) is 2. The highest BCUT2D eigenvalue weighted by molar-refractivity contribution is 5.97. The molecule has 1 amide bonds. The number of carbonyl (C=O) groups is 1.